The molecule has 0 spiro atoms. The molecule has 0 fully saturated rings. The summed E-state index contributed by atoms with van der Waals surface area (Å²) in [7, 11) is 0. The van der Waals surface area contributed by atoms with Crippen LogP contribution in [0.2, 0.25) is 0 Å². The van der Waals surface area contributed by atoms with Crippen LogP contribution in [0.3, 0.4) is 0 Å². The van der Waals surface area contributed by atoms with Gasteiger partial charge in [0.1, 0.15) is 23.0 Å². The van der Waals surface area contributed by atoms with E-state index in [1.807, 2.05) is 20.8 Å². The van der Waals surface area contributed by atoms with Crippen LogP contribution < -0.4 is 10.6 Å². The quantitative estimate of drug-likeness (QED) is 0.369. The third kappa shape index (κ3) is 7.22. The van der Waals surface area contributed by atoms with Gasteiger partial charge in [0, 0.05) is 17.3 Å². The number of anilines is 1. The summed E-state index contributed by atoms with van der Waals surface area (Å²) in [4.78, 5) is 31.6. The number of alkyl carbamates (subject to hydrolysis) is 1. The number of amides is 2. The molecule has 10 heteroatoms. The molecular formula is C26H31F3N4O3. The van der Waals surface area contributed by atoms with Crippen LogP contribution in [0.1, 0.15) is 53.7 Å². The molecule has 36 heavy (non-hydrogen) atoms. The highest BCUT2D eigenvalue weighted by atomic mass is 19.4. The van der Waals surface area contributed by atoms with Gasteiger partial charge >= 0.3 is 12.3 Å². The normalized spacial score (nSPS) is 13.4. The molecule has 0 unspecified atom stereocenters. The Balaban J connectivity index is 1.79. The second kappa shape index (κ2) is 9.83. The third-order valence-corrected chi connectivity index (χ3v) is 5.12. The molecule has 2 heterocycles. The van der Waals surface area contributed by atoms with Gasteiger partial charge in [-0.3, -0.25) is 4.79 Å². The molecule has 0 aliphatic heterocycles. The average Bonchev–Trinajstić information content (AvgIpc) is 3.16. The van der Waals surface area contributed by atoms with Crippen LogP contribution in [0.15, 0.2) is 42.6 Å². The monoisotopic (exact) mass is 504 g/mol. The van der Waals surface area contributed by atoms with Gasteiger partial charge in [-0.15, -0.1) is 0 Å². The number of carbonyl (C=O) groups is 2. The third-order valence-electron chi connectivity index (χ3n) is 5.12. The summed E-state index contributed by atoms with van der Waals surface area (Å²) in [5.74, 6) is -0.407. The number of aromatic nitrogens is 2. The fraction of sp³-hybridized carbons (Fsp3) is 0.423. The van der Waals surface area contributed by atoms with E-state index in [2.05, 4.69) is 20.6 Å². The Morgan fingerprint density at radius 2 is 1.67 bits per heavy atom. The van der Waals surface area contributed by atoms with E-state index in [1.54, 1.807) is 51.1 Å². The zero-order chi connectivity index (χ0) is 26.9. The standard InChI is InChI=1S/C26H31F3N4O3/c1-24(2,3)14-19(32-23(35)36-25(4,5)6)22(34)31-16-9-7-15(8-10-16)17-11-12-30-21-18(17)13-20(33-21)26(27,28)29/h7-13,19H,14H2,1-6H3,(H,30,33)(H,31,34)(H,32,35)/t19-/m1/s1. The number of benzene rings is 1. The van der Waals surface area contributed by atoms with E-state index < -0.39 is 35.5 Å². The summed E-state index contributed by atoms with van der Waals surface area (Å²) in [5.41, 5.74) is 0.0112. The largest absolute Gasteiger partial charge is 0.444 e. The fourth-order valence-corrected chi connectivity index (χ4v) is 3.67. The van der Waals surface area contributed by atoms with Crippen LogP contribution in [-0.4, -0.2) is 33.6 Å². The van der Waals surface area contributed by atoms with Crippen LogP contribution in [0.5, 0.6) is 0 Å². The van der Waals surface area contributed by atoms with Crippen molar-refractivity contribution < 1.29 is 27.5 Å². The van der Waals surface area contributed by atoms with Crippen molar-refractivity contribution in [2.45, 2.75) is 65.8 Å². The lowest BCUT2D eigenvalue weighted by Crippen LogP contribution is -2.47. The highest BCUT2D eigenvalue weighted by molar-refractivity contribution is 5.97. The Kier molecular flexibility index (Phi) is 7.38. The smallest absolute Gasteiger partial charge is 0.431 e. The number of H-pyrrole nitrogens is 1. The minimum Gasteiger partial charge on any atom is -0.444 e. The van der Waals surface area contributed by atoms with E-state index in [-0.39, 0.29) is 11.1 Å². The number of hydrogen-bond acceptors (Lipinski definition) is 4. The van der Waals surface area contributed by atoms with E-state index in [0.29, 0.717) is 28.6 Å². The minimum atomic E-state index is -4.51. The lowest BCUT2D eigenvalue weighted by atomic mass is 9.87. The molecule has 194 valence electrons. The maximum absolute atomic E-state index is 13.1. The van der Waals surface area contributed by atoms with Crippen molar-refractivity contribution in [1.82, 2.24) is 15.3 Å². The van der Waals surface area contributed by atoms with Crippen LogP contribution in [-0.2, 0) is 15.7 Å². The second-order valence-corrected chi connectivity index (χ2v) is 10.8. The first-order valence-electron chi connectivity index (χ1n) is 11.5. The lowest BCUT2D eigenvalue weighted by Gasteiger charge is -2.27. The number of hydrogen-bond donors (Lipinski definition) is 3. The van der Waals surface area contributed by atoms with Crippen molar-refractivity contribution in [2.24, 2.45) is 5.41 Å². The molecule has 3 rings (SSSR count). The van der Waals surface area contributed by atoms with E-state index in [9.17, 15) is 22.8 Å². The number of ether oxygens (including phenoxy) is 1. The van der Waals surface area contributed by atoms with Crippen LogP contribution in [0.25, 0.3) is 22.2 Å². The van der Waals surface area contributed by atoms with Gasteiger partial charge in [0.15, 0.2) is 0 Å². The highest BCUT2D eigenvalue weighted by Crippen LogP contribution is 2.35. The molecule has 0 saturated carbocycles. The minimum absolute atomic E-state index is 0.135. The topological polar surface area (TPSA) is 96.1 Å². The number of carbonyl (C=O) groups excluding carboxylic acids is 2. The Morgan fingerprint density at radius 1 is 1.03 bits per heavy atom. The Labute approximate surface area is 207 Å². The van der Waals surface area contributed by atoms with Crippen LogP contribution >= 0.6 is 0 Å². The molecule has 0 radical (unpaired) electrons. The summed E-state index contributed by atoms with van der Waals surface area (Å²) in [5, 5.41) is 5.78. The molecule has 3 N–H and O–H groups in total. The maximum Gasteiger partial charge on any atom is 0.431 e. The predicted octanol–water partition coefficient (Wildman–Crippen LogP) is 6.52. The molecule has 0 bridgehead atoms. The van der Waals surface area contributed by atoms with Crippen molar-refractivity contribution >= 4 is 28.7 Å². The average molecular weight is 505 g/mol. The van der Waals surface area contributed by atoms with Gasteiger partial charge in [0.05, 0.1) is 0 Å². The molecule has 0 aliphatic carbocycles. The molecule has 7 nitrogen and oxygen atoms in total. The summed E-state index contributed by atoms with van der Waals surface area (Å²) >= 11 is 0. The number of nitrogens with one attached hydrogen (secondary N) is 3. The van der Waals surface area contributed by atoms with Gasteiger partial charge in [-0.05, 0) is 68.0 Å². The zero-order valence-corrected chi connectivity index (χ0v) is 21.1. The molecule has 1 aromatic carbocycles. The van der Waals surface area contributed by atoms with E-state index in [4.69, 9.17) is 4.74 Å². The summed E-state index contributed by atoms with van der Waals surface area (Å²) in [6.45, 7) is 11.1. The van der Waals surface area contributed by atoms with Gasteiger partial charge < -0.3 is 20.4 Å². The fourth-order valence-electron chi connectivity index (χ4n) is 3.67. The van der Waals surface area contributed by atoms with E-state index >= 15 is 0 Å². The molecule has 0 aliphatic rings. The zero-order valence-electron chi connectivity index (χ0n) is 21.1. The molecular weight excluding hydrogens is 473 g/mol. The Morgan fingerprint density at radius 3 is 2.22 bits per heavy atom. The van der Waals surface area contributed by atoms with Crippen LogP contribution in [0, 0.1) is 5.41 Å². The molecule has 3 aromatic rings. The summed E-state index contributed by atoms with van der Waals surface area (Å²) in [6, 6.07) is 8.53. The van der Waals surface area contributed by atoms with Gasteiger partial charge in [-0.25, -0.2) is 9.78 Å². The molecule has 0 saturated heterocycles. The van der Waals surface area contributed by atoms with Gasteiger partial charge in [0.2, 0.25) is 5.91 Å². The molecule has 2 aromatic heterocycles. The molecule has 2 amide bonds. The lowest BCUT2D eigenvalue weighted by molar-refractivity contribution is -0.140. The number of halogens is 3. The maximum atomic E-state index is 13.1. The van der Waals surface area contributed by atoms with Gasteiger partial charge in [-0.2, -0.15) is 13.2 Å². The van der Waals surface area contributed by atoms with Crippen molar-refractivity contribution in [3.8, 4) is 11.1 Å². The Hall–Kier alpha value is -3.56. The summed E-state index contributed by atoms with van der Waals surface area (Å²) < 4.78 is 44.7. The highest BCUT2D eigenvalue weighted by Gasteiger charge is 2.33. The second-order valence-electron chi connectivity index (χ2n) is 10.8. The number of pyridine rings is 1. The number of fused-ring (bicyclic) bond motifs is 1. The Bertz CT molecular complexity index is 1240. The van der Waals surface area contributed by atoms with E-state index in [1.165, 1.54) is 6.20 Å². The van der Waals surface area contributed by atoms with Crippen molar-refractivity contribution in [2.75, 3.05) is 5.32 Å². The first-order valence-corrected chi connectivity index (χ1v) is 11.5. The summed E-state index contributed by atoms with van der Waals surface area (Å²) in [6.07, 6.45) is -3.39. The van der Waals surface area contributed by atoms with Crippen molar-refractivity contribution in [3.63, 3.8) is 0 Å². The van der Waals surface area contributed by atoms with Gasteiger partial charge in [0.25, 0.3) is 0 Å². The first-order chi connectivity index (χ1) is 16.5. The van der Waals surface area contributed by atoms with Crippen molar-refractivity contribution in [3.05, 3.63) is 48.3 Å². The van der Waals surface area contributed by atoms with Gasteiger partial charge in [-0.1, -0.05) is 32.9 Å². The number of nitrogens with zero attached hydrogens (tertiary/aromatic N) is 1. The number of rotatable bonds is 5. The van der Waals surface area contributed by atoms with Crippen LogP contribution in [0.4, 0.5) is 23.7 Å². The number of alkyl halides is 3. The predicted molar refractivity (Wildman–Crippen MR) is 132 cm³/mol. The van der Waals surface area contributed by atoms with E-state index in [0.717, 1.165) is 6.07 Å². The first kappa shape index (κ1) is 27.0. The SMILES string of the molecule is CC(C)(C)C[C@@H](NC(=O)OC(C)(C)C)C(=O)Nc1ccc(-c2ccnc3[nH]c(C(F)(F)F)cc23)cc1. The number of aromatic amines is 1. The molecule has 1 atom stereocenters. The van der Waals surface area contributed by atoms with Crippen molar-refractivity contribution in [1.29, 1.82) is 0 Å².